The van der Waals surface area contributed by atoms with Gasteiger partial charge in [-0.15, -0.1) is 0 Å². The fraction of sp³-hybridized carbons (Fsp3) is 0.417. The Morgan fingerprint density at radius 3 is 2.82 bits per heavy atom. The molecule has 0 saturated carbocycles. The number of nitriles is 1. The van der Waals surface area contributed by atoms with Crippen LogP contribution >= 0.6 is 15.9 Å². The van der Waals surface area contributed by atoms with E-state index in [1.807, 2.05) is 6.07 Å². The van der Waals surface area contributed by atoms with Crippen LogP contribution in [0.3, 0.4) is 0 Å². The zero-order chi connectivity index (χ0) is 12.5. The molecule has 2 rings (SSSR count). The minimum atomic E-state index is -2.65. The summed E-state index contributed by atoms with van der Waals surface area (Å²) in [5, 5.41) is 9.02. The molecule has 1 saturated heterocycles. The van der Waals surface area contributed by atoms with Crippen LogP contribution in [0, 0.1) is 11.3 Å². The first-order chi connectivity index (χ1) is 8.02. The standard InChI is InChI=1S/C12H11BrF2N2/c13-10-2-3-11(9(6-10)7-16)17-5-1-4-12(14,15)8-17/h2-3,6H,1,4-5,8H2. The third-order valence-electron chi connectivity index (χ3n) is 2.81. The third-order valence-corrected chi connectivity index (χ3v) is 3.31. The largest absolute Gasteiger partial charge is 0.364 e. The Bertz CT molecular complexity index is 468. The Hall–Kier alpha value is -1.15. The number of nitrogens with zero attached hydrogens (tertiary/aromatic N) is 2. The van der Waals surface area contributed by atoms with E-state index < -0.39 is 5.92 Å². The van der Waals surface area contributed by atoms with Gasteiger partial charge in [0.1, 0.15) is 6.07 Å². The lowest BCUT2D eigenvalue weighted by atomic mass is 10.0. The lowest BCUT2D eigenvalue weighted by Gasteiger charge is -2.34. The predicted octanol–water partition coefficient (Wildman–Crippen LogP) is 3.56. The van der Waals surface area contributed by atoms with Gasteiger partial charge in [0, 0.05) is 17.4 Å². The van der Waals surface area contributed by atoms with Gasteiger partial charge in [-0.2, -0.15) is 5.26 Å². The maximum absolute atomic E-state index is 13.3. The third kappa shape index (κ3) is 2.75. The van der Waals surface area contributed by atoms with Crippen LogP contribution in [0.2, 0.25) is 0 Å². The lowest BCUT2D eigenvalue weighted by molar-refractivity contribution is -0.0116. The fourth-order valence-electron chi connectivity index (χ4n) is 2.05. The molecular weight excluding hydrogens is 290 g/mol. The van der Waals surface area contributed by atoms with Crippen LogP contribution in [-0.2, 0) is 0 Å². The predicted molar refractivity (Wildman–Crippen MR) is 65.3 cm³/mol. The van der Waals surface area contributed by atoms with Crippen LogP contribution in [0.1, 0.15) is 18.4 Å². The molecule has 90 valence electrons. The maximum Gasteiger partial charge on any atom is 0.265 e. The summed E-state index contributed by atoms with van der Waals surface area (Å²) in [4.78, 5) is 1.59. The maximum atomic E-state index is 13.3. The van der Waals surface area contributed by atoms with E-state index in [1.165, 1.54) is 0 Å². The molecule has 0 amide bonds. The van der Waals surface area contributed by atoms with E-state index in [1.54, 1.807) is 23.1 Å². The minimum Gasteiger partial charge on any atom is -0.364 e. The molecule has 1 aromatic rings. The van der Waals surface area contributed by atoms with E-state index in [-0.39, 0.29) is 13.0 Å². The van der Waals surface area contributed by atoms with Crippen LogP contribution in [0.25, 0.3) is 0 Å². The van der Waals surface area contributed by atoms with Crippen LogP contribution < -0.4 is 4.90 Å². The molecule has 0 bridgehead atoms. The second-order valence-electron chi connectivity index (χ2n) is 4.15. The monoisotopic (exact) mass is 300 g/mol. The molecule has 17 heavy (non-hydrogen) atoms. The number of anilines is 1. The van der Waals surface area contributed by atoms with Crippen molar-refractivity contribution in [3.63, 3.8) is 0 Å². The van der Waals surface area contributed by atoms with E-state index >= 15 is 0 Å². The van der Waals surface area contributed by atoms with Gasteiger partial charge in [-0.1, -0.05) is 15.9 Å². The molecule has 0 aliphatic carbocycles. The molecule has 0 atom stereocenters. The van der Waals surface area contributed by atoms with Crippen molar-refractivity contribution in [1.82, 2.24) is 0 Å². The van der Waals surface area contributed by atoms with Gasteiger partial charge in [-0.25, -0.2) is 8.78 Å². The van der Waals surface area contributed by atoms with Gasteiger partial charge >= 0.3 is 0 Å². The van der Waals surface area contributed by atoms with Gasteiger partial charge in [0.05, 0.1) is 17.8 Å². The highest BCUT2D eigenvalue weighted by Crippen LogP contribution is 2.32. The zero-order valence-corrected chi connectivity index (χ0v) is 10.7. The molecule has 0 N–H and O–H groups in total. The van der Waals surface area contributed by atoms with Crippen molar-refractivity contribution in [2.45, 2.75) is 18.8 Å². The first-order valence-electron chi connectivity index (χ1n) is 5.34. The SMILES string of the molecule is N#Cc1cc(Br)ccc1N1CCCC(F)(F)C1. The van der Waals surface area contributed by atoms with E-state index in [4.69, 9.17) is 5.26 Å². The van der Waals surface area contributed by atoms with Crippen molar-refractivity contribution in [1.29, 1.82) is 5.26 Å². The summed E-state index contributed by atoms with van der Waals surface area (Å²) >= 11 is 3.27. The van der Waals surface area contributed by atoms with Crippen molar-refractivity contribution in [2.75, 3.05) is 18.0 Å². The summed E-state index contributed by atoms with van der Waals surface area (Å²) in [5.41, 5.74) is 1.02. The summed E-state index contributed by atoms with van der Waals surface area (Å²) < 4.78 is 27.4. The molecule has 0 radical (unpaired) electrons. The molecule has 1 fully saturated rings. The van der Waals surface area contributed by atoms with E-state index in [0.717, 1.165) is 4.47 Å². The van der Waals surface area contributed by atoms with E-state index in [9.17, 15) is 8.78 Å². The van der Waals surface area contributed by atoms with E-state index in [0.29, 0.717) is 24.2 Å². The van der Waals surface area contributed by atoms with Crippen molar-refractivity contribution in [3.05, 3.63) is 28.2 Å². The highest BCUT2D eigenvalue weighted by molar-refractivity contribution is 9.10. The molecular formula is C12H11BrF2N2. The average Bonchev–Trinajstić information content (AvgIpc) is 2.27. The van der Waals surface area contributed by atoms with Crippen LogP contribution in [0.4, 0.5) is 14.5 Å². The summed E-state index contributed by atoms with van der Waals surface area (Å²) in [6.45, 7) is 0.273. The number of benzene rings is 1. The van der Waals surface area contributed by atoms with Crippen molar-refractivity contribution < 1.29 is 8.78 Å². The number of rotatable bonds is 1. The van der Waals surface area contributed by atoms with Gasteiger partial charge in [0.2, 0.25) is 0 Å². The molecule has 5 heteroatoms. The first kappa shape index (κ1) is 12.3. The molecule has 1 aliphatic rings. The first-order valence-corrected chi connectivity index (χ1v) is 6.13. The average molecular weight is 301 g/mol. The highest BCUT2D eigenvalue weighted by atomic mass is 79.9. The summed E-state index contributed by atoms with van der Waals surface area (Å²) in [6, 6.07) is 7.18. The topological polar surface area (TPSA) is 27.0 Å². The molecule has 1 aliphatic heterocycles. The van der Waals surface area contributed by atoms with Crippen molar-refractivity contribution in [3.8, 4) is 6.07 Å². The summed E-state index contributed by atoms with van der Waals surface area (Å²) in [7, 11) is 0. The lowest BCUT2D eigenvalue weighted by Crippen LogP contribution is -2.42. The van der Waals surface area contributed by atoms with Crippen molar-refractivity contribution >= 4 is 21.6 Å². The quantitative estimate of drug-likeness (QED) is 0.793. The second-order valence-corrected chi connectivity index (χ2v) is 5.07. The molecule has 0 unspecified atom stereocenters. The number of halogens is 3. The van der Waals surface area contributed by atoms with Gasteiger partial charge in [-0.3, -0.25) is 0 Å². The van der Waals surface area contributed by atoms with Gasteiger partial charge in [0.15, 0.2) is 0 Å². The smallest absolute Gasteiger partial charge is 0.265 e. The molecule has 1 aromatic carbocycles. The Morgan fingerprint density at radius 1 is 1.41 bits per heavy atom. The minimum absolute atomic E-state index is 0.0675. The number of hydrogen-bond acceptors (Lipinski definition) is 2. The number of piperidine rings is 1. The highest BCUT2D eigenvalue weighted by Gasteiger charge is 2.35. The van der Waals surface area contributed by atoms with Crippen LogP contribution in [-0.4, -0.2) is 19.0 Å². The Balaban J connectivity index is 2.31. The number of hydrogen-bond donors (Lipinski definition) is 0. The fourth-order valence-corrected chi connectivity index (χ4v) is 2.41. The van der Waals surface area contributed by atoms with Gasteiger partial charge < -0.3 is 4.90 Å². The normalized spacial score (nSPS) is 18.8. The zero-order valence-electron chi connectivity index (χ0n) is 9.09. The Kier molecular flexibility index (Phi) is 3.34. The van der Waals surface area contributed by atoms with Crippen molar-refractivity contribution in [2.24, 2.45) is 0 Å². The molecule has 0 spiro atoms. The Morgan fingerprint density at radius 2 is 2.18 bits per heavy atom. The van der Waals surface area contributed by atoms with E-state index in [2.05, 4.69) is 15.9 Å². The molecule has 0 aromatic heterocycles. The molecule has 2 nitrogen and oxygen atoms in total. The van der Waals surface area contributed by atoms with Gasteiger partial charge in [-0.05, 0) is 24.6 Å². The van der Waals surface area contributed by atoms with Crippen LogP contribution in [0.5, 0.6) is 0 Å². The van der Waals surface area contributed by atoms with Crippen LogP contribution in [0.15, 0.2) is 22.7 Å². The molecule has 1 heterocycles. The Labute approximate surface area is 107 Å². The number of alkyl halides is 2. The summed E-state index contributed by atoms with van der Waals surface area (Å²) in [5.74, 6) is -2.65. The second kappa shape index (κ2) is 4.61. The summed E-state index contributed by atoms with van der Waals surface area (Å²) in [6.07, 6.45) is 0.385. The van der Waals surface area contributed by atoms with Gasteiger partial charge in [0.25, 0.3) is 5.92 Å².